The number of carbonyl (C=O) groups excluding carboxylic acids is 1. The Morgan fingerprint density at radius 3 is 2.59 bits per heavy atom. The van der Waals surface area contributed by atoms with Crippen molar-refractivity contribution in [3.63, 3.8) is 0 Å². The Kier molecular flexibility index (Phi) is 13.9. The third-order valence-electron chi connectivity index (χ3n) is 14.1. The molecular formula is C45H64ClN5O7S. The molecule has 2 aromatic carbocycles. The summed E-state index contributed by atoms with van der Waals surface area (Å²) in [6.07, 6.45) is 10.3. The third kappa shape index (κ3) is 9.99. The summed E-state index contributed by atoms with van der Waals surface area (Å²) in [6.45, 7) is 13.5. The molecule has 5 aliphatic heterocycles. The molecule has 59 heavy (non-hydrogen) atoms. The van der Waals surface area contributed by atoms with Gasteiger partial charge in [0.25, 0.3) is 5.91 Å². The van der Waals surface area contributed by atoms with E-state index in [1.54, 1.807) is 6.07 Å². The summed E-state index contributed by atoms with van der Waals surface area (Å²) in [4.78, 5) is 23.9. The molecule has 324 valence electrons. The van der Waals surface area contributed by atoms with E-state index >= 15 is 0 Å². The van der Waals surface area contributed by atoms with Crippen LogP contribution < -0.4 is 14.4 Å². The molecule has 1 N–H and O–H groups in total. The maximum atomic E-state index is 14.4. The number of ether oxygens (including phenoxy) is 4. The van der Waals surface area contributed by atoms with Crippen LogP contribution in [-0.4, -0.2) is 145 Å². The van der Waals surface area contributed by atoms with Crippen LogP contribution in [-0.2, 0) is 37.3 Å². The minimum atomic E-state index is -4.08. The molecule has 2 aromatic rings. The topological polar surface area (TPSA) is 113 Å². The summed E-state index contributed by atoms with van der Waals surface area (Å²) >= 11 is 6.45. The number of hydrogen-bond acceptors (Lipinski definition) is 11. The van der Waals surface area contributed by atoms with Crippen molar-refractivity contribution in [2.24, 2.45) is 17.8 Å². The van der Waals surface area contributed by atoms with E-state index in [4.69, 9.17) is 30.5 Å². The number of allylic oxidation sites excluding steroid dienone is 1. The lowest BCUT2D eigenvalue weighted by Gasteiger charge is -2.53. The second-order valence-corrected chi connectivity index (χ2v) is 20.1. The van der Waals surface area contributed by atoms with Crippen LogP contribution >= 0.6 is 11.6 Å². The van der Waals surface area contributed by atoms with Gasteiger partial charge in [-0.25, -0.2) is 13.1 Å². The molecule has 12 nitrogen and oxygen atoms in total. The number of hydrogen-bond donors (Lipinski definition) is 1. The van der Waals surface area contributed by atoms with Crippen molar-refractivity contribution in [1.29, 1.82) is 0 Å². The van der Waals surface area contributed by atoms with E-state index in [1.165, 1.54) is 5.56 Å². The van der Waals surface area contributed by atoms with Gasteiger partial charge in [0, 0.05) is 82.6 Å². The Balaban J connectivity index is 1.15. The normalized spacial score (nSPS) is 31.9. The van der Waals surface area contributed by atoms with Crippen molar-refractivity contribution in [3.05, 3.63) is 70.3 Å². The monoisotopic (exact) mass is 853 g/mol. The zero-order chi connectivity index (χ0) is 41.0. The highest BCUT2D eigenvalue weighted by atomic mass is 35.5. The number of nitrogens with zero attached hydrogens (tertiary/aromatic N) is 4. The van der Waals surface area contributed by atoms with Crippen LogP contribution in [0, 0.1) is 17.8 Å². The maximum Gasteiger partial charge on any atom is 0.264 e. The van der Waals surface area contributed by atoms with Gasteiger partial charge in [0.05, 0.1) is 37.4 Å². The van der Waals surface area contributed by atoms with Gasteiger partial charge in [-0.2, -0.15) is 0 Å². The molecule has 1 aliphatic carbocycles. The number of morpholine rings is 2. The van der Waals surface area contributed by atoms with Crippen molar-refractivity contribution in [2.75, 3.05) is 104 Å². The fourth-order valence-electron chi connectivity index (χ4n) is 10.5. The van der Waals surface area contributed by atoms with Crippen LogP contribution in [0.25, 0.3) is 0 Å². The maximum absolute atomic E-state index is 14.4. The number of amides is 1. The molecule has 8 rings (SSSR count). The second-order valence-electron chi connectivity index (χ2n) is 17.8. The highest BCUT2D eigenvalue weighted by Crippen LogP contribution is 2.47. The van der Waals surface area contributed by atoms with Gasteiger partial charge >= 0.3 is 0 Å². The number of fused-ring (bicyclic) bond motifs is 4. The number of halogens is 1. The SMILES string of the molecule is CO[C@]1(CN2CCN3CCOC[C@@H]3C2)/C=C/C[C@H](C)[C@@H](CCN2CCOCC2)S(=O)(=O)NC(=O)c2ccc3c(c2)N(CCCCc2cc(Cl)ccc2CO3)C[C@@H]2CC[C@H]21. The number of carbonyl (C=O) groups is 1. The first-order valence-electron chi connectivity index (χ1n) is 22.0. The van der Waals surface area contributed by atoms with Gasteiger partial charge in [0.15, 0.2) is 0 Å². The van der Waals surface area contributed by atoms with Gasteiger partial charge in [-0.3, -0.25) is 19.5 Å². The van der Waals surface area contributed by atoms with Gasteiger partial charge in [0.1, 0.15) is 18.0 Å². The van der Waals surface area contributed by atoms with Crippen LogP contribution in [0.1, 0.15) is 66.9 Å². The predicted molar refractivity (Wildman–Crippen MR) is 231 cm³/mol. The standard InChI is InChI=1S/C45H64ClN5O7S/c1-33-6-5-15-45(55-2,32-49-18-19-50-22-25-57-31-39(50)29-49)40-12-9-36(40)28-51-16-4-3-7-34-26-38(46)11-8-37(34)30-58-42-13-10-35(27-41(42)51)44(52)47-59(53,54)43(33)14-17-48-20-23-56-24-21-48/h5,8,10-11,13,15,26-27,33,36,39-40,43H,3-4,6-7,9,12,14,16-25,28-32H2,1-2H3,(H,47,52)/b15-5+/t33-,36-,39-,40+,43+,45-/m0/s1. The summed E-state index contributed by atoms with van der Waals surface area (Å²) in [5.41, 5.74) is 2.83. The van der Waals surface area contributed by atoms with Gasteiger partial charge < -0.3 is 23.8 Å². The molecule has 1 amide bonds. The van der Waals surface area contributed by atoms with Crippen molar-refractivity contribution >= 4 is 33.2 Å². The number of benzene rings is 2. The lowest BCUT2D eigenvalue weighted by atomic mass is 9.63. The lowest BCUT2D eigenvalue weighted by molar-refractivity contribution is -0.108. The van der Waals surface area contributed by atoms with Crippen LogP contribution in [0.5, 0.6) is 5.75 Å². The molecule has 14 heteroatoms. The highest BCUT2D eigenvalue weighted by Gasteiger charge is 2.49. The Morgan fingerprint density at radius 2 is 1.78 bits per heavy atom. The van der Waals surface area contributed by atoms with E-state index in [-0.39, 0.29) is 11.8 Å². The van der Waals surface area contributed by atoms with Crippen molar-refractivity contribution in [1.82, 2.24) is 19.4 Å². The van der Waals surface area contributed by atoms with Crippen LogP contribution in [0.4, 0.5) is 5.69 Å². The summed E-state index contributed by atoms with van der Waals surface area (Å²) in [7, 11) is -2.22. The minimum Gasteiger partial charge on any atom is -0.487 e. The van der Waals surface area contributed by atoms with E-state index in [0.717, 1.165) is 115 Å². The average molecular weight is 855 g/mol. The Hall–Kier alpha value is -2.75. The van der Waals surface area contributed by atoms with Gasteiger partial charge in [-0.05, 0) is 111 Å². The first-order chi connectivity index (χ1) is 28.6. The first kappa shape index (κ1) is 42.9. The smallest absolute Gasteiger partial charge is 0.264 e. The molecule has 5 heterocycles. The lowest BCUT2D eigenvalue weighted by Crippen LogP contribution is -2.62. The van der Waals surface area contributed by atoms with Crippen LogP contribution in [0.2, 0.25) is 5.02 Å². The first-order valence-corrected chi connectivity index (χ1v) is 24.0. The molecule has 0 unspecified atom stereocenters. The number of rotatable bonds is 6. The minimum absolute atomic E-state index is 0.244. The largest absolute Gasteiger partial charge is 0.487 e. The van der Waals surface area contributed by atoms with Crippen LogP contribution in [0.15, 0.2) is 48.6 Å². The fraction of sp³-hybridized carbons (Fsp3) is 0.667. The number of aryl methyl sites for hydroxylation is 1. The summed E-state index contributed by atoms with van der Waals surface area (Å²) in [5.74, 6) is 0.379. The Morgan fingerprint density at radius 1 is 0.932 bits per heavy atom. The quantitative estimate of drug-likeness (QED) is 0.386. The molecular weight excluding hydrogens is 790 g/mol. The molecule has 1 saturated carbocycles. The number of methoxy groups -OCH3 is 1. The van der Waals surface area contributed by atoms with Gasteiger partial charge in [0.2, 0.25) is 10.0 Å². The van der Waals surface area contributed by atoms with E-state index in [1.807, 2.05) is 44.4 Å². The van der Waals surface area contributed by atoms with E-state index in [9.17, 15) is 13.2 Å². The number of sulfonamides is 1. The third-order valence-corrected chi connectivity index (χ3v) is 16.3. The molecule has 4 fully saturated rings. The van der Waals surface area contributed by atoms with Gasteiger partial charge in [-0.15, -0.1) is 0 Å². The molecule has 0 aromatic heterocycles. The fourth-order valence-corrected chi connectivity index (χ4v) is 12.3. The van der Waals surface area contributed by atoms with Crippen molar-refractivity contribution < 1.29 is 32.2 Å². The average Bonchev–Trinajstić information content (AvgIpc) is 3.25. The van der Waals surface area contributed by atoms with E-state index in [2.05, 4.69) is 36.5 Å². The molecule has 6 atom stereocenters. The van der Waals surface area contributed by atoms with Crippen LogP contribution in [0.3, 0.4) is 0 Å². The van der Waals surface area contributed by atoms with Gasteiger partial charge in [-0.1, -0.05) is 36.7 Å². The molecule has 2 bridgehead atoms. The zero-order valence-corrected chi connectivity index (χ0v) is 36.6. The van der Waals surface area contributed by atoms with Crippen molar-refractivity contribution in [2.45, 2.75) is 75.4 Å². The van der Waals surface area contributed by atoms with E-state index < -0.39 is 26.8 Å². The summed E-state index contributed by atoms with van der Waals surface area (Å²) in [5, 5.41) is -0.0676. The van der Waals surface area contributed by atoms with Crippen molar-refractivity contribution in [3.8, 4) is 5.75 Å². The molecule has 0 spiro atoms. The Labute approximate surface area is 356 Å². The number of anilines is 1. The molecule has 3 saturated heterocycles. The predicted octanol–water partition coefficient (Wildman–Crippen LogP) is 5.24. The Bertz CT molecular complexity index is 1910. The zero-order valence-electron chi connectivity index (χ0n) is 35.0. The molecule has 0 radical (unpaired) electrons. The number of nitrogens with one attached hydrogen (secondary N) is 1. The second kappa shape index (κ2) is 19.1. The highest BCUT2D eigenvalue weighted by molar-refractivity contribution is 7.90. The van der Waals surface area contributed by atoms with E-state index in [0.29, 0.717) is 67.5 Å². The molecule has 6 aliphatic rings. The summed E-state index contributed by atoms with van der Waals surface area (Å²) in [6, 6.07) is 11.8. The summed E-state index contributed by atoms with van der Waals surface area (Å²) < 4.78 is 56.3. The number of piperazine rings is 1.